The van der Waals surface area contributed by atoms with Crippen molar-refractivity contribution in [2.45, 2.75) is 6.92 Å². The smallest absolute Gasteiger partial charge is 0.267 e. The van der Waals surface area contributed by atoms with Crippen LogP contribution >= 0.6 is 34.5 Å². The summed E-state index contributed by atoms with van der Waals surface area (Å²) in [5, 5.41) is 9.39. The highest BCUT2D eigenvalue weighted by Gasteiger charge is 2.15. The first-order chi connectivity index (χ1) is 12.0. The van der Waals surface area contributed by atoms with Crippen molar-refractivity contribution < 1.29 is 0 Å². The van der Waals surface area contributed by atoms with E-state index in [9.17, 15) is 4.79 Å². The van der Waals surface area contributed by atoms with Crippen molar-refractivity contribution in [2.24, 2.45) is 0 Å². The number of hydrogen-bond acceptors (Lipinski definition) is 4. The normalized spacial score (nSPS) is 12.2. The van der Waals surface area contributed by atoms with Gasteiger partial charge in [-0.05, 0) is 36.3 Å². The number of thiazole rings is 1. The monoisotopic (exact) mass is 387 g/mol. The van der Waals surface area contributed by atoms with Crippen molar-refractivity contribution in [1.29, 1.82) is 0 Å². The number of benzene rings is 2. The van der Waals surface area contributed by atoms with Gasteiger partial charge in [0.15, 0.2) is 5.82 Å². The Morgan fingerprint density at radius 1 is 1.12 bits per heavy atom. The number of fused-ring (bicyclic) bond motifs is 1. The fraction of sp³-hybridized carbons (Fsp3) is 0.0556. The maximum Gasteiger partial charge on any atom is 0.276 e. The van der Waals surface area contributed by atoms with Crippen LogP contribution in [0.1, 0.15) is 11.1 Å². The summed E-state index contributed by atoms with van der Waals surface area (Å²) in [5.41, 5.74) is 2.50. The van der Waals surface area contributed by atoms with Crippen molar-refractivity contribution >= 4 is 45.6 Å². The Kier molecular flexibility index (Phi) is 4.07. The molecule has 0 amide bonds. The van der Waals surface area contributed by atoms with Crippen molar-refractivity contribution in [2.75, 3.05) is 0 Å². The van der Waals surface area contributed by atoms with E-state index >= 15 is 0 Å². The molecule has 0 fully saturated rings. The third kappa shape index (κ3) is 2.84. The largest absolute Gasteiger partial charge is 0.276 e. The standard InChI is InChI=1S/C18H11Cl2N3OS/c1-10-4-2-3-5-13(10)16-21-22-18-23(16)17(24)15(25-18)8-11-6-7-12(19)9-14(11)20/h2-9H,1H3. The molecule has 0 unspecified atom stereocenters. The van der Waals surface area contributed by atoms with Gasteiger partial charge in [0.2, 0.25) is 4.96 Å². The zero-order valence-corrected chi connectivity index (χ0v) is 15.4. The Morgan fingerprint density at radius 3 is 2.68 bits per heavy atom. The molecular formula is C18H11Cl2N3OS. The number of hydrogen-bond donors (Lipinski definition) is 0. The molecule has 0 saturated heterocycles. The first-order valence-corrected chi connectivity index (χ1v) is 9.02. The SMILES string of the molecule is Cc1ccccc1-c1nnc2sc(=Cc3ccc(Cl)cc3Cl)c(=O)n12. The lowest BCUT2D eigenvalue weighted by Gasteiger charge is -2.01. The van der Waals surface area contributed by atoms with Crippen LogP contribution in [0.4, 0.5) is 0 Å². The van der Waals surface area contributed by atoms with Crippen LogP contribution in [0.25, 0.3) is 22.4 Å². The first-order valence-electron chi connectivity index (χ1n) is 7.45. The summed E-state index contributed by atoms with van der Waals surface area (Å²) >= 11 is 13.4. The molecule has 0 N–H and O–H groups in total. The molecule has 0 atom stereocenters. The Morgan fingerprint density at radius 2 is 1.92 bits per heavy atom. The van der Waals surface area contributed by atoms with E-state index in [4.69, 9.17) is 23.2 Å². The quantitative estimate of drug-likeness (QED) is 0.522. The lowest BCUT2D eigenvalue weighted by molar-refractivity contribution is 1.09. The van der Waals surface area contributed by atoms with E-state index in [1.54, 1.807) is 28.7 Å². The second-order valence-electron chi connectivity index (χ2n) is 5.54. The Labute approximate surface area is 157 Å². The number of aryl methyl sites for hydroxylation is 1. The number of nitrogens with zero attached hydrogens (tertiary/aromatic N) is 3. The second kappa shape index (κ2) is 6.26. The second-order valence-corrected chi connectivity index (χ2v) is 7.39. The Hall–Kier alpha value is -2.21. The van der Waals surface area contributed by atoms with Crippen LogP contribution in [0.5, 0.6) is 0 Å². The van der Waals surface area contributed by atoms with Crippen molar-refractivity contribution in [3.63, 3.8) is 0 Å². The van der Waals surface area contributed by atoms with Crippen molar-refractivity contribution in [3.8, 4) is 11.4 Å². The predicted octanol–water partition coefficient (Wildman–Crippen LogP) is 3.98. The van der Waals surface area contributed by atoms with E-state index in [0.717, 1.165) is 16.7 Å². The van der Waals surface area contributed by atoms with Gasteiger partial charge in [-0.25, -0.2) is 4.40 Å². The lowest BCUT2D eigenvalue weighted by Crippen LogP contribution is -2.23. The molecule has 4 nitrogen and oxygen atoms in total. The van der Waals surface area contributed by atoms with E-state index in [-0.39, 0.29) is 5.56 Å². The molecule has 4 rings (SSSR count). The topological polar surface area (TPSA) is 47.3 Å². The molecule has 25 heavy (non-hydrogen) atoms. The molecule has 7 heteroatoms. The Balaban J connectivity index is 1.94. The van der Waals surface area contributed by atoms with Gasteiger partial charge < -0.3 is 0 Å². The fourth-order valence-electron chi connectivity index (χ4n) is 2.62. The maximum absolute atomic E-state index is 12.9. The summed E-state index contributed by atoms with van der Waals surface area (Å²) in [6, 6.07) is 13.0. The third-order valence-electron chi connectivity index (χ3n) is 3.88. The van der Waals surface area contributed by atoms with Gasteiger partial charge in [0, 0.05) is 15.6 Å². The van der Waals surface area contributed by atoms with Crippen LogP contribution in [0.2, 0.25) is 10.0 Å². The highest BCUT2D eigenvalue weighted by atomic mass is 35.5. The molecule has 2 aromatic carbocycles. The van der Waals surface area contributed by atoms with Gasteiger partial charge in [-0.1, -0.05) is 64.9 Å². The number of rotatable bonds is 2. The van der Waals surface area contributed by atoms with Crippen LogP contribution in [0.15, 0.2) is 47.3 Å². The summed E-state index contributed by atoms with van der Waals surface area (Å²) in [6.45, 7) is 1.98. The number of halogens is 2. The third-order valence-corrected chi connectivity index (χ3v) is 5.41. The first kappa shape index (κ1) is 16.3. The zero-order valence-electron chi connectivity index (χ0n) is 13.0. The average molecular weight is 388 g/mol. The van der Waals surface area contributed by atoms with E-state index in [2.05, 4.69) is 10.2 Å². The molecule has 2 heterocycles. The summed E-state index contributed by atoms with van der Waals surface area (Å²) in [5.74, 6) is 0.552. The summed E-state index contributed by atoms with van der Waals surface area (Å²) < 4.78 is 2.09. The molecule has 0 spiro atoms. The summed E-state index contributed by atoms with van der Waals surface area (Å²) in [7, 11) is 0. The number of aromatic nitrogens is 3. The molecular weight excluding hydrogens is 377 g/mol. The molecule has 0 saturated carbocycles. The molecule has 124 valence electrons. The Bertz CT molecular complexity index is 1210. The van der Waals surface area contributed by atoms with Gasteiger partial charge in [0.1, 0.15) is 0 Å². The highest BCUT2D eigenvalue weighted by molar-refractivity contribution is 7.15. The van der Waals surface area contributed by atoms with Crippen LogP contribution < -0.4 is 10.1 Å². The zero-order chi connectivity index (χ0) is 17.6. The van der Waals surface area contributed by atoms with E-state index in [1.807, 2.05) is 31.2 Å². The molecule has 0 radical (unpaired) electrons. The molecule has 0 bridgehead atoms. The molecule has 0 aliphatic carbocycles. The van der Waals surface area contributed by atoms with E-state index < -0.39 is 0 Å². The van der Waals surface area contributed by atoms with Gasteiger partial charge in [0.05, 0.1) is 4.53 Å². The van der Waals surface area contributed by atoms with Crippen LogP contribution in [0.3, 0.4) is 0 Å². The van der Waals surface area contributed by atoms with Crippen LogP contribution in [-0.4, -0.2) is 14.6 Å². The minimum Gasteiger partial charge on any atom is -0.267 e. The predicted molar refractivity (Wildman–Crippen MR) is 103 cm³/mol. The van der Waals surface area contributed by atoms with Crippen LogP contribution in [-0.2, 0) is 0 Å². The van der Waals surface area contributed by atoms with Crippen molar-refractivity contribution in [3.05, 3.63) is 78.5 Å². The van der Waals surface area contributed by atoms with Gasteiger partial charge in [-0.2, -0.15) is 0 Å². The van der Waals surface area contributed by atoms with E-state index in [0.29, 0.717) is 25.4 Å². The lowest BCUT2D eigenvalue weighted by atomic mass is 10.1. The van der Waals surface area contributed by atoms with E-state index in [1.165, 1.54) is 11.3 Å². The minimum absolute atomic E-state index is 0.158. The minimum atomic E-state index is -0.158. The maximum atomic E-state index is 12.9. The van der Waals surface area contributed by atoms with Gasteiger partial charge in [-0.3, -0.25) is 4.79 Å². The molecule has 0 aliphatic heterocycles. The van der Waals surface area contributed by atoms with Crippen LogP contribution in [0, 0.1) is 6.92 Å². The van der Waals surface area contributed by atoms with Gasteiger partial charge in [-0.15, -0.1) is 10.2 Å². The summed E-state index contributed by atoms with van der Waals surface area (Å²) in [6.07, 6.45) is 1.75. The summed E-state index contributed by atoms with van der Waals surface area (Å²) in [4.78, 5) is 13.4. The van der Waals surface area contributed by atoms with Gasteiger partial charge in [0.25, 0.3) is 5.56 Å². The van der Waals surface area contributed by atoms with Gasteiger partial charge >= 0.3 is 0 Å². The van der Waals surface area contributed by atoms with Crippen molar-refractivity contribution in [1.82, 2.24) is 14.6 Å². The molecule has 2 aromatic heterocycles. The average Bonchev–Trinajstić information content (AvgIpc) is 3.12. The molecule has 4 aromatic rings. The fourth-order valence-corrected chi connectivity index (χ4v) is 3.99. The molecule has 0 aliphatic rings. The highest BCUT2D eigenvalue weighted by Crippen LogP contribution is 2.23.